The van der Waals surface area contributed by atoms with Gasteiger partial charge < -0.3 is 14.4 Å². The first kappa shape index (κ1) is 12.2. The van der Waals surface area contributed by atoms with Gasteiger partial charge in [0.2, 0.25) is 0 Å². The van der Waals surface area contributed by atoms with Crippen molar-refractivity contribution < 1.29 is 19.6 Å². The highest BCUT2D eigenvalue weighted by molar-refractivity contribution is 5.86. The van der Waals surface area contributed by atoms with Crippen LogP contribution in [-0.2, 0) is 11.3 Å². The van der Waals surface area contributed by atoms with Crippen molar-refractivity contribution in [1.29, 1.82) is 0 Å². The number of rotatable bonds is 5. The van der Waals surface area contributed by atoms with Gasteiger partial charge in [0.15, 0.2) is 0 Å². The Balaban J connectivity index is 3.05. The molecule has 1 rings (SSSR count). The summed E-state index contributed by atoms with van der Waals surface area (Å²) in [5, 5.41) is 19.4. The number of hydrogen-bond donors (Lipinski definition) is 1. The lowest BCUT2D eigenvalue weighted by Gasteiger charge is -2.11. The number of ether oxygens (including phenoxy) is 1. The molecule has 7 heteroatoms. The summed E-state index contributed by atoms with van der Waals surface area (Å²) in [7, 11) is 1.49. The second-order valence-electron chi connectivity index (χ2n) is 3.34. The highest BCUT2D eigenvalue weighted by atomic mass is 16.6. The third kappa shape index (κ3) is 2.57. The smallest absolute Gasteiger partial charge is 0.352 e. The topological polar surface area (TPSA) is 94.6 Å². The molecule has 0 saturated carbocycles. The first-order chi connectivity index (χ1) is 7.45. The number of aromatic nitrogens is 1. The lowest BCUT2D eigenvalue weighted by Crippen LogP contribution is -2.17. The molecular formula is C9H12N2O5. The quantitative estimate of drug-likeness (QED) is 0.602. The minimum absolute atomic E-state index is 0.115. The molecule has 0 bridgehead atoms. The Hall–Kier alpha value is -1.89. The van der Waals surface area contributed by atoms with E-state index >= 15 is 0 Å². The number of hydrogen-bond acceptors (Lipinski definition) is 4. The van der Waals surface area contributed by atoms with Crippen LogP contribution < -0.4 is 0 Å². The second-order valence-corrected chi connectivity index (χ2v) is 3.34. The molecule has 1 atom stereocenters. The molecule has 0 aromatic carbocycles. The van der Waals surface area contributed by atoms with Crippen molar-refractivity contribution in [3.63, 3.8) is 0 Å². The van der Waals surface area contributed by atoms with Gasteiger partial charge in [-0.15, -0.1) is 0 Å². The predicted octanol–water partition coefficient (Wildman–Crippen LogP) is 1.13. The van der Waals surface area contributed by atoms with Crippen LogP contribution in [0.5, 0.6) is 0 Å². The Bertz CT molecular complexity index is 412. The van der Waals surface area contributed by atoms with Gasteiger partial charge in [-0.05, 0) is 6.92 Å². The molecule has 0 aliphatic carbocycles. The molecule has 1 aromatic rings. The molecule has 1 heterocycles. The van der Waals surface area contributed by atoms with Gasteiger partial charge in [-0.25, -0.2) is 4.79 Å². The summed E-state index contributed by atoms with van der Waals surface area (Å²) < 4.78 is 6.28. The zero-order chi connectivity index (χ0) is 12.3. The Kier molecular flexibility index (Phi) is 3.62. The summed E-state index contributed by atoms with van der Waals surface area (Å²) in [5.74, 6) is -1.20. The summed E-state index contributed by atoms with van der Waals surface area (Å²) in [6.07, 6.45) is 0.976. The van der Waals surface area contributed by atoms with Crippen LogP contribution in [0, 0.1) is 10.1 Å². The van der Waals surface area contributed by atoms with Crippen LogP contribution in [-0.4, -0.2) is 33.8 Å². The molecular weight excluding hydrogens is 216 g/mol. The van der Waals surface area contributed by atoms with E-state index in [9.17, 15) is 14.9 Å². The largest absolute Gasteiger partial charge is 0.477 e. The average Bonchev–Trinajstić information content (AvgIpc) is 2.61. The van der Waals surface area contributed by atoms with Gasteiger partial charge in [0.1, 0.15) is 5.69 Å². The van der Waals surface area contributed by atoms with E-state index in [0.29, 0.717) is 0 Å². The number of carboxylic acids is 1. The zero-order valence-electron chi connectivity index (χ0n) is 8.91. The minimum atomic E-state index is -1.20. The fourth-order valence-electron chi connectivity index (χ4n) is 1.28. The summed E-state index contributed by atoms with van der Waals surface area (Å²) in [5.41, 5.74) is -0.351. The van der Waals surface area contributed by atoms with Crippen molar-refractivity contribution in [2.75, 3.05) is 7.11 Å². The molecule has 1 N–H and O–H groups in total. The fraction of sp³-hybridized carbons (Fsp3) is 0.444. The molecule has 88 valence electrons. The maximum absolute atomic E-state index is 10.8. The number of carboxylic acid groups (broad SMARTS) is 1. The number of carbonyl (C=O) groups is 1. The van der Waals surface area contributed by atoms with Crippen LogP contribution >= 0.6 is 0 Å². The summed E-state index contributed by atoms with van der Waals surface area (Å²) in [6.45, 7) is 2.00. The maximum Gasteiger partial charge on any atom is 0.352 e. The fourth-order valence-corrected chi connectivity index (χ4v) is 1.28. The van der Waals surface area contributed by atoms with Gasteiger partial charge in [-0.3, -0.25) is 10.1 Å². The van der Waals surface area contributed by atoms with E-state index in [0.717, 1.165) is 6.07 Å². The van der Waals surface area contributed by atoms with Crippen LogP contribution in [0.2, 0.25) is 0 Å². The highest BCUT2D eigenvalue weighted by Gasteiger charge is 2.19. The minimum Gasteiger partial charge on any atom is -0.477 e. The van der Waals surface area contributed by atoms with Crippen LogP contribution in [0.4, 0.5) is 5.69 Å². The second kappa shape index (κ2) is 4.75. The van der Waals surface area contributed by atoms with Crippen molar-refractivity contribution in [2.24, 2.45) is 0 Å². The van der Waals surface area contributed by atoms with Gasteiger partial charge in [0.25, 0.3) is 5.69 Å². The lowest BCUT2D eigenvalue weighted by atomic mass is 10.3. The monoisotopic (exact) mass is 228 g/mol. The van der Waals surface area contributed by atoms with Crippen molar-refractivity contribution in [3.8, 4) is 0 Å². The van der Waals surface area contributed by atoms with E-state index in [-0.39, 0.29) is 24.0 Å². The summed E-state index contributed by atoms with van der Waals surface area (Å²) >= 11 is 0. The SMILES string of the molecule is COC(C)Cn1cc([N+](=O)[O-])cc1C(=O)O. The standard InChI is InChI=1S/C9H12N2O5/c1-6(16-2)4-10-5-7(11(14)15)3-8(10)9(12)13/h3,5-6H,4H2,1-2H3,(H,12,13). The number of aromatic carboxylic acids is 1. The van der Waals surface area contributed by atoms with Crippen molar-refractivity contribution in [3.05, 3.63) is 28.1 Å². The third-order valence-electron chi connectivity index (χ3n) is 2.17. The van der Waals surface area contributed by atoms with Gasteiger partial charge in [-0.2, -0.15) is 0 Å². The van der Waals surface area contributed by atoms with E-state index in [1.165, 1.54) is 17.9 Å². The molecule has 0 radical (unpaired) electrons. The molecule has 0 amide bonds. The normalized spacial score (nSPS) is 12.4. The van der Waals surface area contributed by atoms with Crippen molar-refractivity contribution in [1.82, 2.24) is 4.57 Å². The number of methoxy groups -OCH3 is 1. The van der Waals surface area contributed by atoms with Crippen LogP contribution in [0.3, 0.4) is 0 Å². The van der Waals surface area contributed by atoms with Gasteiger partial charge in [-0.1, -0.05) is 0 Å². The third-order valence-corrected chi connectivity index (χ3v) is 2.17. The molecule has 0 spiro atoms. The first-order valence-corrected chi connectivity index (χ1v) is 4.56. The van der Waals surface area contributed by atoms with E-state index in [2.05, 4.69) is 0 Å². The molecule has 0 aliphatic rings. The highest BCUT2D eigenvalue weighted by Crippen LogP contribution is 2.17. The zero-order valence-corrected chi connectivity index (χ0v) is 8.91. The van der Waals surface area contributed by atoms with Crippen LogP contribution in [0.25, 0.3) is 0 Å². The number of nitrogens with zero attached hydrogens (tertiary/aromatic N) is 2. The first-order valence-electron chi connectivity index (χ1n) is 4.56. The van der Waals surface area contributed by atoms with Gasteiger partial charge in [0.05, 0.1) is 17.2 Å². The maximum atomic E-state index is 10.8. The van der Waals surface area contributed by atoms with Gasteiger partial charge >= 0.3 is 5.97 Å². The van der Waals surface area contributed by atoms with Crippen LogP contribution in [0.1, 0.15) is 17.4 Å². The molecule has 1 aromatic heterocycles. The molecule has 0 saturated heterocycles. The van der Waals surface area contributed by atoms with E-state index in [4.69, 9.17) is 9.84 Å². The molecule has 0 fully saturated rings. The lowest BCUT2D eigenvalue weighted by molar-refractivity contribution is -0.384. The average molecular weight is 228 g/mol. The van der Waals surface area contributed by atoms with E-state index in [1.54, 1.807) is 6.92 Å². The Morgan fingerprint density at radius 1 is 1.75 bits per heavy atom. The van der Waals surface area contributed by atoms with Crippen molar-refractivity contribution in [2.45, 2.75) is 19.6 Å². The van der Waals surface area contributed by atoms with E-state index < -0.39 is 10.9 Å². The van der Waals surface area contributed by atoms with Crippen LogP contribution in [0.15, 0.2) is 12.3 Å². The molecule has 7 nitrogen and oxygen atoms in total. The molecule has 1 unspecified atom stereocenters. The Morgan fingerprint density at radius 2 is 2.38 bits per heavy atom. The van der Waals surface area contributed by atoms with Crippen molar-refractivity contribution >= 4 is 11.7 Å². The van der Waals surface area contributed by atoms with Gasteiger partial charge in [0, 0.05) is 19.7 Å². The van der Waals surface area contributed by atoms with E-state index in [1.807, 2.05) is 0 Å². The Morgan fingerprint density at radius 3 is 2.81 bits per heavy atom. The number of nitro groups is 1. The summed E-state index contributed by atoms with van der Waals surface area (Å²) in [6, 6.07) is 1.03. The molecule has 16 heavy (non-hydrogen) atoms. The summed E-state index contributed by atoms with van der Waals surface area (Å²) in [4.78, 5) is 20.7. The predicted molar refractivity (Wildman–Crippen MR) is 54.5 cm³/mol. The Labute approximate surface area is 91.4 Å². The molecule has 0 aliphatic heterocycles.